The Morgan fingerprint density at radius 1 is 1.12 bits per heavy atom. The topological polar surface area (TPSA) is 135 Å². The molecule has 3 saturated heterocycles. The molecule has 3 fully saturated rings. The van der Waals surface area contributed by atoms with Gasteiger partial charge in [0.05, 0.1) is 43.2 Å². The standard InChI is InChI=1S/C41H53N3O8/c1-6-9-20-33(46)42-30(26-50-5)36(29-18-14-11-15-19-29)51-40(49)34-32-21-22-41(52-32)35(34)38(47)44(31(25-45)27(4)8-3)37(41)39(48)43(23-7-2)24-28-16-12-10-13-17-28/h6-7,10-19,27,30-32,34-37,45H,1-2,8-9,20-26H2,3-5H3,(H,42,46)/t27-,30-,31-,32-,34+,35+,36-,37-,41+/m0/s1. The number of hydrogen-bond donors (Lipinski definition) is 2. The Hall–Kier alpha value is -4.32. The van der Waals surface area contributed by atoms with Crippen molar-refractivity contribution in [3.8, 4) is 0 Å². The lowest BCUT2D eigenvalue weighted by molar-refractivity contribution is -0.164. The van der Waals surface area contributed by atoms with Crippen LogP contribution in [0.25, 0.3) is 0 Å². The lowest BCUT2D eigenvalue weighted by Gasteiger charge is -2.41. The highest BCUT2D eigenvalue weighted by molar-refractivity contribution is 5.98. The molecule has 0 radical (unpaired) electrons. The third kappa shape index (κ3) is 7.72. The minimum Gasteiger partial charge on any atom is -0.455 e. The molecule has 0 aromatic heterocycles. The largest absolute Gasteiger partial charge is 0.455 e. The summed E-state index contributed by atoms with van der Waals surface area (Å²) in [4.78, 5) is 60.4. The van der Waals surface area contributed by atoms with Crippen LogP contribution >= 0.6 is 0 Å². The van der Waals surface area contributed by atoms with Crippen LogP contribution in [0.4, 0.5) is 0 Å². The first-order valence-corrected chi connectivity index (χ1v) is 18.3. The molecule has 2 aromatic rings. The molecule has 3 heterocycles. The Kier molecular flexibility index (Phi) is 13.1. The van der Waals surface area contributed by atoms with Crippen molar-refractivity contribution in [3.63, 3.8) is 0 Å². The average molecular weight is 716 g/mol. The second-order valence-electron chi connectivity index (χ2n) is 14.2. The van der Waals surface area contributed by atoms with Crippen molar-refractivity contribution in [2.45, 2.75) is 88.4 Å². The number of nitrogens with one attached hydrogen (secondary N) is 1. The maximum absolute atomic E-state index is 14.9. The van der Waals surface area contributed by atoms with Crippen LogP contribution in [0.3, 0.4) is 0 Å². The second-order valence-corrected chi connectivity index (χ2v) is 14.2. The molecule has 2 bridgehead atoms. The van der Waals surface area contributed by atoms with Crippen LogP contribution in [-0.4, -0.2) is 95.3 Å². The number of aliphatic hydroxyl groups excluding tert-OH is 1. The molecular weight excluding hydrogens is 662 g/mol. The number of likely N-dealkylation sites (tertiary alicyclic amines) is 1. The summed E-state index contributed by atoms with van der Waals surface area (Å²) in [5.74, 6) is -3.78. The molecule has 11 nitrogen and oxygen atoms in total. The van der Waals surface area contributed by atoms with Crippen molar-refractivity contribution in [3.05, 3.63) is 97.1 Å². The van der Waals surface area contributed by atoms with Gasteiger partial charge in [-0.25, -0.2) is 0 Å². The Labute approximate surface area is 307 Å². The van der Waals surface area contributed by atoms with Crippen molar-refractivity contribution in [1.29, 1.82) is 0 Å². The van der Waals surface area contributed by atoms with E-state index < -0.39 is 59.6 Å². The zero-order valence-electron chi connectivity index (χ0n) is 30.5. The van der Waals surface area contributed by atoms with E-state index >= 15 is 0 Å². The van der Waals surface area contributed by atoms with Gasteiger partial charge in [-0.15, -0.1) is 13.2 Å². The number of aliphatic hydroxyl groups is 1. The number of hydrogen-bond acceptors (Lipinski definition) is 8. The molecule has 3 aliphatic heterocycles. The molecule has 2 aromatic carbocycles. The van der Waals surface area contributed by atoms with Gasteiger partial charge in [0.1, 0.15) is 17.7 Å². The van der Waals surface area contributed by atoms with Gasteiger partial charge in [-0.3, -0.25) is 19.2 Å². The highest BCUT2D eigenvalue weighted by atomic mass is 16.6. The number of ether oxygens (including phenoxy) is 3. The quantitative estimate of drug-likeness (QED) is 0.162. The number of amides is 3. The molecule has 1 spiro atoms. The van der Waals surface area contributed by atoms with Gasteiger partial charge in [0.2, 0.25) is 17.7 Å². The SMILES string of the molecule is C=CCCC(=O)N[C@@H](COC)[C@@H](OC(=O)[C@@H]1[C@@H]2CC[C@]3(O2)[C@H](C(=O)N(CC=C)Cc2ccccc2)N([C@@H](CO)[C@@H](C)CC)C(=O)[C@@H]13)c1ccccc1. The zero-order valence-corrected chi connectivity index (χ0v) is 30.5. The van der Waals surface area contributed by atoms with Gasteiger partial charge in [0.15, 0.2) is 0 Å². The lowest BCUT2D eigenvalue weighted by Crippen LogP contribution is -2.59. The zero-order chi connectivity index (χ0) is 37.4. The van der Waals surface area contributed by atoms with Gasteiger partial charge in [0, 0.05) is 26.6 Å². The van der Waals surface area contributed by atoms with E-state index in [1.165, 1.54) is 12.0 Å². The molecule has 5 rings (SSSR count). The molecule has 0 saturated carbocycles. The highest BCUT2D eigenvalue weighted by Gasteiger charge is 2.76. The number of carbonyl (C=O) groups is 4. The number of fused-ring (bicyclic) bond motifs is 1. The van der Waals surface area contributed by atoms with E-state index in [1.54, 1.807) is 17.1 Å². The van der Waals surface area contributed by atoms with Crippen LogP contribution in [0.5, 0.6) is 0 Å². The van der Waals surface area contributed by atoms with Crippen molar-refractivity contribution in [1.82, 2.24) is 15.1 Å². The van der Waals surface area contributed by atoms with Gasteiger partial charge >= 0.3 is 5.97 Å². The predicted octanol–water partition coefficient (Wildman–Crippen LogP) is 4.36. The summed E-state index contributed by atoms with van der Waals surface area (Å²) in [6, 6.07) is 16.2. The van der Waals surface area contributed by atoms with Crippen molar-refractivity contribution in [2.24, 2.45) is 17.8 Å². The summed E-state index contributed by atoms with van der Waals surface area (Å²) >= 11 is 0. The molecule has 9 atom stereocenters. The molecular formula is C41H53N3O8. The van der Waals surface area contributed by atoms with Gasteiger partial charge in [0.25, 0.3) is 0 Å². The molecule has 11 heteroatoms. The van der Waals surface area contributed by atoms with Crippen molar-refractivity contribution >= 4 is 23.7 Å². The molecule has 280 valence electrons. The van der Waals surface area contributed by atoms with E-state index in [0.29, 0.717) is 31.2 Å². The van der Waals surface area contributed by atoms with E-state index in [-0.39, 0.29) is 50.5 Å². The second kappa shape index (κ2) is 17.5. The summed E-state index contributed by atoms with van der Waals surface area (Å²) in [5, 5.41) is 13.7. The predicted molar refractivity (Wildman–Crippen MR) is 195 cm³/mol. The summed E-state index contributed by atoms with van der Waals surface area (Å²) < 4.78 is 18.5. The number of allylic oxidation sites excluding steroid dienone is 1. The Morgan fingerprint density at radius 3 is 2.42 bits per heavy atom. The summed E-state index contributed by atoms with van der Waals surface area (Å²) in [6.45, 7) is 11.7. The number of nitrogens with zero attached hydrogens (tertiary/aromatic N) is 2. The Morgan fingerprint density at radius 2 is 1.81 bits per heavy atom. The highest BCUT2D eigenvalue weighted by Crippen LogP contribution is 2.59. The molecule has 0 unspecified atom stereocenters. The number of rotatable bonds is 19. The van der Waals surface area contributed by atoms with Crippen molar-refractivity contribution < 1.29 is 38.5 Å². The smallest absolute Gasteiger partial charge is 0.313 e. The van der Waals surface area contributed by atoms with Crippen LogP contribution in [0, 0.1) is 17.8 Å². The van der Waals surface area contributed by atoms with Gasteiger partial charge in [-0.1, -0.05) is 93.1 Å². The fourth-order valence-corrected chi connectivity index (χ4v) is 8.30. The van der Waals surface area contributed by atoms with Gasteiger partial charge in [-0.05, 0) is 36.3 Å². The first-order valence-electron chi connectivity index (χ1n) is 18.3. The number of esters is 1. The minimum absolute atomic E-state index is 0.0571. The van der Waals surface area contributed by atoms with Gasteiger partial charge < -0.3 is 34.4 Å². The van der Waals surface area contributed by atoms with Crippen LogP contribution in [-0.2, 0) is 39.9 Å². The van der Waals surface area contributed by atoms with Crippen LogP contribution < -0.4 is 5.32 Å². The first kappa shape index (κ1) is 38.9. The van der Waals surface area contributed by atoms with E-state index in [4.69, 9.17) is 14.2 Å². The van der Waals surface area contributed by atoms with Crippen LogP contribution in [0.15, 0.2) is 86.0 Å². The summed E-state index contributed by atoms with van der Waals surface area (Å²) in [6.07, 6.45) is 3.89. The maximum Gasteiger partial charge on any atom is 0.313 e. The third-order valence-electron chi connectivity index (χ3n) is 11.0. The molecule has 0 aliphatic carbocycles. The fourth-order valence-electron chi connectivity index (χ4n) is 8.30. The number of benzene rings is 2. The van der Waals surface area contributed by atoms with Crippen LogP contribution in [0.2, 0.25) is 0 Å². The number of methoxy groups -OCH3 is 1. The van der Waals surface area contributed by atoms with Gasteiger partial charge in [-0.2, -0.15) is 0 Å². The summed E-state index contributed by atoms with van der Waals surface area (Å²) in [7, 11) is 1.51. The van der Waals surface area contributed by atoms with E-state index in [0.717, 1.165) is 5.56 Å². The van der Waals surface area contributed by atoms with Crippen molar-refractivity contribution in [2.75, 3.05) is 26.9 Å². The lowest BCUT2D eigenvalue weighted by atomic mass is 9.70. The van der Waals surface area contributed by atoms with E-state index in [2.05, 4.69) is 18.5 Å². The fraction of sp³-hybridized carbons (Fsp3) is 0.512. The third-order valence-corrected chi connectivity index (χ3v) is 11.0. The van der Waals surface area contributed by atoms with E-state index in [1.807, 2.05) is 74.5 Å². The normalized spacial score (nSPS) is 25.5. The minimum atomic E-state index is -1.30. The molecule has 52 heavy (non-hydrogen) atoms. The van der Waals surface area contributed by atoms with E-state index in [9.17, 15) is 24.3 Å². The number of carbonyl (C=O) groups excluding carboxylic acids is 4. The first-order chi connectivity index (χ1) is 25.1. The summed E-state index contributed by atoms with van der Waals surface area (Å²) in [5.41, 5.74) is 0.258. The Balaban J connectivity index is 1.52. The monoisotopic (exact) mass is 715 g/mol. The molecule has 3 aliphatic rings. The molecule has 3 amide bonds. The Bertz CT molecular complexity index is 1570. The average Bonchev–Trinajstić information content (AvgIpc) is 3.81. The molecule has 2 N–H and O–H groups in total. The van der Waals surface area contributed by atoms with Crippen LogP contribution in [0.1, 0.15) is 63.2 Å². The maximum atomic E-state index is 14.9.